The summed E-state index contributed by atoms with van der Waals surface area (Å²) < 4.78 is 5.43. The van der Waals surface area contributed by atoms with Crippen molar-refractivity contribution in [1.82, 2.24) is 10.2 Å². The van der Waals surface area contributed by atoms with E-state index in [4.69, 9.17) is 4.74 Å². The van der Waals surface area contributed by atoms with Gasteiger partial charge < -0.3 is 15.0 Å². The fraction of sp³-hybridized carbons (Fsp3) is 0.500. The fourth-order valence-electron chi connectivity index (χ4n) is 2.42. The van der Waals surface area contributed by atoms with E-state index in [1.807, 2.05) is 6.07 Å². The third-order valence-electron chi connectivity index (χ3n) is 3.93. The maximum atomic E-state index is 11.6. The van der Waals surface area contributed by atoms with E-state index in [-0.39, 0.29) is 12.5 Å². The number of amides is 1. The number of benzene rings is 1. The predicted octanol–water partition coefficient (Wildman–Crippen LogP) is 0.445. The summed E-state index contributed by atoms with van der Waals surface area (Å²) in [6.07, 6.45) is 0. The second-order valence-corrected chi connectivity index (χ2v) is 5.27. The van der Waals surface area contributed by atoms with Crippen LogP contribution in [0.3, 0.4) is 0 Å². The van der Waals surface area contributed by atoms with Gasteiger partial charge in [0.05, 0.1) is 5.69 Å². The van der Waals surface area contributed by atoms with E-state index in [0.29, 0.717) is 6.04 Å². The molecule has 2 heterocycles. The number of hydrogen-bond donors (Lipinski definition) is 1. The quantitative estimate of drug-likeness (QED) is 0.858. The smallest absolute Gasteiger partial charge is 0.264 e. The highest BCUT2D eigenvalue weighted by molar-refractivity contribution is 5.97. The third kappa shape index (κ3) is 2.31. The Morgan fingerprint density at radius 1 is 1.47 bits per heavy atom. The van der Waals surface area contributed by atoms with Gasteiger partial charge in [-0.3, -0.25) is 9.69 Å². The Bertz CT molecular complexity index is 499. The lowest BCUT2D eigenvalue weighted by Crippen LogP contribution is -2.55. The van der Waals surface area contributed by atoms with E-state index in [1.165, 1.54) is 5.56 Å². The summed E-state index contributed by atoms with van der Waals surface area (Å²) in [5, 5.41) is 3.28. The predicted molar refractivity (Wildman–Crippen MR) is 73.5 cm³/mol. The summed E-state index contributed by atoms with van der Waals surface area (Å²) in [7, 11) is 3.93. The van der Waals surface area contributed by atoms with Crippen molar-refractivity contribution < 1.29 is 9.53 Å². The largest absolute Gasteiger partial charge is 0.482 e. The molecule has 2 aliphatic rings. The van der Waals surface area contributed by atoms with Crippen LogP contribution in [0.5, 0.6) is 5.75 Å². The zero-order chi connectivity index (χ0) is 13.4. The standard InChI is InChI=1S/C14H19N3O2/c1-16(11-6-15-7-11)8-10-3-4-13-12(5-10)17(2)14(18)9-19-13/h3-5,11,15H,6-9H2,1-2H3. The zero-order valence-electron chi connectivity index (χ0n) is 11.3. The molecule has 0 radical (unpaired) electrons. The Morgan fingerprint density at radius 2 is 2.26 bits per heavy atom. The molecule has 0 atom stereocenters. The first-order chi connectivity index (χ1) is 9.15. The summed E-state index contributed by atoms with van der Waals surface area (Å²) in [5.74, 6) is 0.792. The van der Waals surface area contributed by atoms with E-state index in [9.17, 15) is 4.79 Å². The van der Waals surface area contributed by atoms with E-state index >= 15 is 0 Å². The molecule has 0 bridgehead atoms. The highest BCUT2D eigenvalue weighted by Gasteiger charge is 2.24. The van der Waals surface area contributed by atoms with Gasteiger partial charge in [0.2, 0.25) is 0 Å². The molecule has 0 unspecified atom stereocenters. The first kappa shape index (κ1) is 12.4. The lowest BCUT2D eigenvalue weighted by atomic mass is 10.1. The van der Waals surface area contributed by atoms with Crippen LogP contribution in [0, 0.1) is 0 Å². The van der Waals surface area contributed by atoms with E-state index in [1.54, 1.807) is 11.9 Å². The number of anilines is 1. The minimum Gasteiger partial charge on any atom is -0.482 e. The Hall–Kier alpha value is -1.59. The monoisotopic (exact) mass is 261 g/mol. The van der Waals surface area contributed by atoms with Gasteiger partial charge in [-0.2, -0.15) is 0 Å². The zero-order valence-corrected chi connectivity index (χ0v) is 11.3. The average Bonchev–Trinajstić information content (AvgIpc) is 2.32. The second-order valence-electron chi connectivity index (χ2n) is 5.27. The molecule has 19 heavy (non-hydrogen) atoms. The molecule has 0 saturated carbocycles. The molecule has 0 aliphatic carbocycles. The van der Waals surface area contributed by atoms with Gasteiger partial charge in [-0.05, 0) is 24.7 Å². The normalized spacial score (nSPS) is 19.1. The van der Waals surface area contributed by atoms with Crippen LogP contribution in [0.2, 0.25) is 0 Å². The number of nitrogens with one attached hydrogen (secondary N) is 1. The number of likely N-dealkylation sites (N-methyl/N-ethyl adjacent to an activating group) is 2. The fourth-order valence-corrected chi connectivity index (χ4v) is 2.42. The van der Waals surface area contributed by atoms with Crippen LogP contribution in [0.25, 0.3) is 0 Å². The molecular weight excluding hydrogens is 242 g/mol. The summed E-state index contributed by atoms with van der Waals surface area (Å²) in [5.41, 5.74) is 2.08. The van der Waals surface area contributed by atoms with Gasteiger partial charge in [0, 0.05) is 32.7 Å². The van der Waals surface area contributed by atoms with Crippen LogP contribution in [0.4, 0.5) is 5.69 Å². The molecule has 5 heteroatoms. The molecule has 2 aliphatic heterocycles. The maximum Gasteiger partial charge on any atom is 0.264 e. The number of fused-ring (bicyclic) bond motifs is 1. The number of carbonyl (C=O) groups excluding carboxylic acids is 1. The Balaban J connectivity index is 1.78. The third-order valence-corrected chi connectivity index (χ3v) is 3.93. The molecule has 0 spiro atoms. The molecule has 1 amide bonds. The van der Waals surface area contributed by atoms with Crippen molar-refractivity contribution in [2.75, 3.05) is 38.7 Å². The highest BCUT2D eigenvalue weighted by atomic mass is 16.5. The van der Waals surface area contributed by atoms with Crippen molar-refractivity contribution in [3.63, 3.8) is 0 Å². The lowest BCUT2D eigenvalue weighted by molar-refractivity contribution is -0.120. The van der Waals surface area contributed by atoms with Gasteiger partial charge in [0.15, 0.2) is 6.61 Å². The van der Waals surface area contributed by atoms with Gasteiger partial charge in [0.25, 0.3) is 5.91 Å². The summed E-state index contributed by atoms with van der Waals surface area (Å²) in [6, 6.07) is 6.70. The van der Waals surface area contributed by atoms with Crippen molar-refractivity contribution in [2.45, 2.75) is 12.6 Å². The number of carbonyl (C=O) groups is 1. The molecular formula is C14H19N3O2. The molecule has 102 valence electrons. The SMILES string of the molecule is CN1C(=O)COc2ccc(CN(C)C3CNC3)cc21. The minimum atomic E-state index is 0.00111. The lowest BCUT2D eigenvalue weighted by Gasteiger charge is -2.36. The maximum absolute atomic E-state index is 11.6. The van der Waals surface area contributed by atoms with Crippen LogP contribution < -0.4 is 15.0 Å². The highest BCUT2D eigenvalue weighted by Crippen LogP contribution is 2.32. The first-order valence-electron chi connectivity index (χ1n) is 6.58. The summed E-state index contributed by atoms with van der Waals surface area (Å²) in [4.78, 5) is 15.6. The number of rotatable bonds is 3. The van der Waals surface area contributed by atoms with Crippen molar-refractivity contribution in [2.24, 2.45) is 0 Å². The molecule has 0 aromatic heterocycles. The molecule has 3 rings (SSSR count). The van der Waals surface area contributed by atoms with Crippen molar-refractivity contribution >= 4 is 11.6 Å². The minimum absolute atomic E-state index is 0.00111. The molecule has 1 aromatic rings. The summed E-state index contributed by atoms with van der Waals surface area (Å²) in [6.45, 7) is 3.14. The Labute approximate surface area is 113 Å². The van der Waals surface area contributed by atoms with Crippen LogP contribution in [-0.2, 0) is 11.3 Å². The van der Waals surface area contributed by atoms with Crippen molar-refractivity contribution in [3.8, 4) is 5.75 Å². The molecule has 1 aromatic carbocycles. The molecule has 1 fully saturated rings. The van der Waals surface area contributed by atoms with Crippen molar-refractivity contribution in [3.05, 3.63) is 23.8 Å². The van der Waals surface area contributed by atoms with Crippen LogP contribution in [-0.4, -0.2) is 50.6 Å². The topological polar surface area (TPSA) is 44.8 Å². The van der Waals surface area contributed by atoms with Crippen LogP contribution in [0.15, 0.2) is 18.2 Å². The second kappa shape index (κ2) is 4.83. The van der Waals surface area contributed by atoms with Gasteiger partial charge in [0.1, 0.15) is 5.75 Å². The molecule has 5 nitrogen and oxygen atoms in total. The number of ether oxygens (including phenoxy) is 1. The van der Waals surface area contributed by atoms with Gasteiger partial charge in [-0.1, -0.05) is 6.07 Å². The number of nitrogens with zero attached hydrogens (tertiary/aromatic N) is 2. The Morgan fingerprint density at radius 3 is 2.95 bits per heavy atom. The van der Waals surface area contributed by atoms with Gasteiger partial charge in [-0.15, -0.1) is 0 Å². The first-order valence-corrected chi connectivity index (χ1v) is 6.58. The van der Waals surface area contributed by atoms with Gasteiger partial charge >= 0.3 is 0 Å². The van der Waals surface area contributed by atoms with Crippen LogP contribution >= 0.6 is 0 Å². The van der Waals surface area contributed by atoms with E-state index < -0.39 is 0 Å². The summed E-state index contributed by atoms with van der Waals surface area (Å²) >= 11 is 0. The Kier molecular flexibility index (Phi) is 3.16. The molecule has 1 N–H and O–H groups in total. The van der Waals surface area contributed by atoms with E-state index in [2.05, 4.69) is 29.4 Å². The van der Waals surface area contributed by atoms with Gasteiger partial charge in [-0.25, -0.2) is 0 Å². The van der Waals surface area contributed by atoms with E-state index in [0.717, 1.165) is 31.1 Å². The average molecular weight is 261 g/mol. The number of hydrogen-bond acceptors (Lipinski definition) is 4. The van der Waals surface area contributed by atoms with Crippen molar-refractivity contribution in [1.29, 1.82) is 0 Å². The molecule has 1 saturated heterocycles. The van der Waals surface area contributed by atoms with Crippen LogP contribution in [0.1, 0.15) is 5.56 Å².